The third-order valence-electron chi connectivity index (χ3n) is 4.00. The molecule has 1 aromatic heterocycles. The summed E-state index contributed by atoms with van der Waals surface area (Å²) in [6.45, 7) is 0. The number of carbonyl (C=O) groups is 1. The van der Waals surface area contributed by atoms with E-state index in [9.17, 15) is 13.2 Å². The fraction of sp³-hybridized carbons (Fsp3) is 0.294. The van der Waals surface area contributed by atoms with Crippen molar-refractivity contribution in [3.63, 3.8) is 0 Å². The van der Waals surface area contributed by atoms with E-state index in [1.165, 1.54) is 6.20 Å². The highest BCUT2D eigenvalue weighted by molar-refractivity contribution is 7.91. The number of pyridine rings is 1. The van der Waals surface area contributed by atoms with E-state index in [4.69, 9.17) is 16.3 Å². The molecule has 1 unspecified atom stereocenters. The van der Waals surface area contributed by atoms with Crippen LogP contribution in [0.4, 0.5) is 11.4 Å². The van der Waals surface area contributed by atoms with Crippen LogP contribution in [0.5, 0.6) is 5.75 Å². The summed E-state index contributed by atoms with van der Waals surface area (Å²) in [5, 5.41) is 6.40. The van der Waals surface area contributed by atoms with Crippen molar-refractivity contribution in [1.82, 2.24) is 10.3 Å². The Hall–Kier alpha value is -2.32. The molecule has 3 rings (SSSR count). The third-order valence-corrected chi connectivity index (χ3v) is 6.00. The van der Waals surface area contributed by atoms with Crippen LogP contribution in [0.1, 0.15) is 16.9 Å². The Kier molecular flexibility index (Phi) is 5.33. The number of nitrogens with zero attached hydrogens (tertiary/aromatic N) is 1. The van der Waals surface area contributed by atoms with E-state index in [-0.39, 0.29) is 23.2 Å². The molecule has 0 bridgehead atoms. The number of halogens is 1. The van der Waals surface area contributed by atoms with Crippen LogP contribution in [0, 0.1) is 0 Å². The van der Waals surface area contributed by atoms with Crippen LogP contribution in [0.3, 0.4) is 0 Å². The predicted octanol–water partition coefficient (Wildman–Crippen LogP) is 2.40. The molecule has 0 spiro atoms. The van der Waals surface area contributed by atoms with Gasteiger partial charge in [0.05, 0.1) is 24.3 Å². The second kappa shape index (κ2) is 7.51. The second-order valence-corrected chi connectivity index (χ2v) is 8.64. The van der Waals surface area contributed by atoms with Gasteiger partial charge in [-0.1, -0.05) is 11.6 Å². The van der Waals surface area contributed by atoms with E-state index < -0.39 is 15.7 Å². The first kappa shape index (κ1) is 18.5. The van der Waals surface area contributed by atoms with Crippen LogP contribution in [0.2, 0.25) is 5.02 Å². The van der Waals surface area contributed by atoms with Gasteiger partial charge in [0.2, 0.25) is 0 Å². The van der Waals surface area contributed by atoms with Crippen molar-refractivity contribution in [3.05, 3.63) is 47.2 Å². The molecular weight excluding hydrogens is 378 g/mol. The summed E-state index contributed by atoms with van der Waals surface area (Å²) in [6, 6.07) is 8.08. The molecule has 1 fully saturated rings. The predicted molar refractivity (Wildman–Crippen MR) is 100 cm³/mol. The molecule has 1 saturated heterocycles. The van der Waals surface area contributed by atoms with Crippen molar-refractivity contribution in [1.29, 1.82) is 0 Å². The van der Waals surface area contributed by atoms with Crippen molar-refractivity contribution in [2.75, 3.05) is 23.9 Å². The van der Waals surface area contributed by atoms with E-state index >= 15 is 0 Å². The Balaban J connectivity index is 1.74. The Morgan fingerprint density at radius 2 is 2.12 bits per heavy atom. The summed E-state index contributed by atoms with van der Waals surface area (Å²) < 4.78 is 28.3. The van der Waals surface area contributed by atoms with E-state index in [0.29, 0.717) is 28.6 Å². The highest BCUT2D eigenvalue weighted by Crippen LogP contribution is 2.30. The van der Waals surface area contributed by atoms with Crippen LogP contribution >= 0.6 is 11.6 Å². The fourth-order valence-electron chi connectivity index (χ4n) is 2.73. The lowest BCUT2D eigenvalue weighted by molar-refractivity contribution is 0.0936. The minimum atomic E-state index is -3.06. The molecule has 2 aromatic rings. The Labute approximate surface area is 156 Å². The molecule has 2 N–H and O–H groups in total. The number of aromatic nitrogens is 1. The van der Waals surface area contributed by atoms with E-state index in [1.807, 2.05) is 0 Å². The van der Waals surface area contributed by atoms with Crippen molar-refractivity contribution in [2.45, 2.75) is 12.5 Å². The summed E-state index contributed by atoms with van der Waals surface area (Å²) >= 11 is 6.02. The second-order valence-electron chi connectivity index (χ2n) is 5.97. The number of rotatable bonds is 5. The first-order chi connectivity index (χ1) is 12.4. The number of methoxy groups -OCH3 is 1. The highest BCUT2D eigenvalue weighted by Gasteiger charge is 2.29. The molecule has 1 aromatic carbocycles. The number of sulfone groups is 1. The zero-order valence-electron chi connectivity index (χ0n) is 14.0. The quantitative estimate of drug-likeness (QED) is 0.806. The van der Waals surface area contributed by atoms with Crippen LogP contribution in [-0.2, 0) is 9.84 Å². The Morgan fingerprint density at radius 3 is 2.81 bits per heavy atom. The molecule has 1 aliphatic heterocycles. The van der Waals surface area contributed by atoms with Gasteiger partial charge in [0.1, 0.15) is 11.4 Å². The molecule has 7 nitrogen and oxygen atoms in total. The summed E-state index contributed by atoms with van der Waals surface area (Å²) in [7, 11) is -1.51. The van der Waals surface area contributed by atoms with Crippen LogP contribution in [0.15, 0.2) is 36.5 Å². The van der Waals surface area contributed by atoms with Gasteiger partial charge in [0.15, 0.2) is 9.84 Å². The van der Waals surface area contributed by atoms with Crippen LogP contribution in [0.25, 0.3) is 0 Å². The summed E-state index contributed by atoms with van der Waals surface area (Å²) in [5.74, 6) is 0.264. The zero-order chi connectivity index (χ0) is 18.7. The third kappa shape index (κ3) is 4.44. The Bertz CT molecular complexity index is 933. The SMILES string of the molecule is COc1ccc(Cl)cc1Nc1ccnc(C(=O)NC2CCS(=O)(=O)C2)c1. The number of nitrogens with one attached hydrogen (secondary N) is 2. The molecule has 1 aliphatic rings. The Morgan fingerprint density at radius 1 is 1.31 bits per heavy atom. The van der Waals surface area contributed by atoms with Gasteiger partial charge >= 0.3 is 0 Å². The molecule has 2 heterocycles. The highest BCUT2D eigenvalue weighted by atomic mass is 35.5. The largest absolute Gasteiger partial charge is 0.495 e. The van der Waals surface area contributed by atoms with Gasteiger partial charge < -0.3 is 15.4 Å². The first-order valence-electron chi connectivity index (χ1n) is 7.94. The van der Waals surface area contributed by atoms with Crippen LogP contribution in [-0.4, -0.2) is 44.0 Å². The van der Waals surface area contributed by atoms with Gasteiger partial charge in [-0.05, 0) is 36.8 Å². The van der Waals surface area contributed by atoms with Gasteiger partial charge in [0, 0.05) is 22.9 Å². The fourth-order valence-corrected chi connectivity index (χ4v) is 4.58. The summed E-state index contributed by atoms with van der Waals surface area (Å²) in [5.41, 5.74) is 1.48. The smallest absolute Gasteiger partial charge is 0.270 e. The van der Waals surface area contributed by atoms with Crippen molar-refractivity contribution in [2.24, 2.45) is 0 Å². The number of amides is 1. The van der Waals surface area contributed by atoms with Gasteiger partial charge in [-0.25, -0.2) is 8.42 Å². The monoisotopic (exact) mass is 395 g/mol. The molecule has 9 heteroatoms. The average Bonchev–Trinajstić information content (AvgIpc) is 2.94. The van der Waals surface area contributed by atoms with Gasteiger partial charge in [-0.15, -0.1) is 0 Å². The lowest BCUT2D eigenvalue weighted by atomic mass is 10.2. The molecule has 1 amide bonds. The molecule has 26 heavy (non-hydrogen) atoms. The minimum absolute atomic E-state index is 0.0314. The normalized spacial score (nSPS) is 18.3. The van der Waals surface area contributed by atoms with Gasteiger partial charge in [-0.2, -0.15) is 0 Å². The zero-order valence-corrected chi connectivity index (χ0v) is 15.6. The minimum Gasteiger partial charge on any atom is -0.495 e. The number of anilines is 2. The average molecular weight is 396 g/mol. The van der Waals surface area contributed by atoms with Gasteiger partial charge in [0.25, 0.3) is 5.91 Å². The molecular formula is C17H18ClN3O4S. The molecule has 0 saturated carbocycles. The van der Waals surface area contributed by atoms with Crippen molar-refractivity contribution >= 4 is 38.7 Å². The van der Waals surface area contributed by atoms with Crippen LogP contribution < -0.4 is 15.4 Å². The van der Waals surface area contributed by atoms with E-state index in [2.05, 4.69) is 15.6 Å². The molecule has 1 atom stereocenters. The summed E-state index contributed by atoms with van der Waals surface area (Å²) in [6.07, 6.45) is 1.92. The lowest BCUT2D eigenvalue weighted by Crippen LogP contribution is -2.36. The number of benzene rings is 1. The van der Waals surface area contributed by atoms with Gasteiger partial charge in [-0.3, -0.25) is 9.78 Å². The number of hydrogen-bond acceptors (Lipinski definition) is 6. The van der Waals surface area contributed by atoms with E-state index in [1.54, 1.807) is 37.4 Å². The maximum absolute atomic E-state index is 12.4. The van der Waals surface area contributed by atoms with Crippen molar-refractivity contribution in [3.8, 4) is 5.75 Å². The topological polar surface area (TPSA) is 97.4 Å². The first-order valence-corrected chi connectivity index (χ1v) is 10.1. The lowest BCUT2D eigenvalue weighted by Gasteiger charge is -2.13. The molecule has 0 aliphatic carbocycles. The van der Waals surface area contributed by atoms with E-state index in [0.717, 1.165) is 0 Å². The maximum Gasteiger partial charge on any atom is 0.270 e. The number of ether oxygens (including phenoxy) is 1. The molecule has 138 valence electrons. The standard InChI is InChI=1S/C17H18ClN3O4S/c1-25-16-3-2-11(18)8-14(16)20-12-4-6-19-15(9-12)17(22)21-13-5-7-26(23,24)10-13/h2-4,6,8-9,13H,5,7,10H2,1H3,(H,19,20)(H,21,22). The maximum atomic E-state index is 12.4. The number of hydrogen-bond donors (Lipinski definition) is 2. The van der Waals surface area contributed by atoms with Crippen molar-refractivity contribution < 1.29 is 17.9 Å². The molecule has 0 radical (unpaired) electrons. The summed E-state index contributed by atoms with van der Waals surface area (Å²) in [4.78, 5) is 16.4. The number of carbonyl (C=O) groups excluding carboxylic acids is 1.